The number of nitrogens with two attached hydrogens (primary N) is 1. The van der Waals surface area contributed by atoms with Gasteiger partial charge in [-0.1, -0.05) is 6.07 Å². The highest BCUT2D eigenvalue weighted by Crippen LogP contribution is 2.19. The van der Waals surface area contributed by atoms with E-state index >= 15 is 0 Å². The number of hydrogen-bond acceptors (Lipinski definition) is 2. The molecule has 0 aliphatic carbocycles. The highest BCUT2D eigenvalue weighted by molar-refractivity contribution is 6.07. The Balaban J connectivity index is 2.44. The van der Waals surface area contributed by atoms with Gasteiger partial charge in [0.05, 0.1) is 11.1 Å². The quantitative estimate of drug-likeness (QED) is 0.803. The predicted octanol–water partition coefficient (Wildman–Crippen LogP) is 0.770. The molecule has 2 rings (SSSR count). The Bertz CT molecular complexity index is 455. The second-order valence-corrected chi connectivity index (χ2v) is 3.67. The van der Waals surface area contributed by atoms with Crippen LogP contribution in [0, 0.1) is 5.82 Å². The molecule has 0 unspecified atom stereocenters. The van der Waals surface area contributed by atoms with Crippen LogP contribution in [0.4, 0.5) is 4.39 Å². The predicted molar refractivity (Wildman–Crippen MR) is 55.4 cm³/mol. The maximum Gasteiger partial charge on any atom is 0.257 e. The lowest BCUT2D eigenvalue weighted by molar-refractivity contribution is 0.0643. The molecule has 2 N–H and O–H groups in total. The highest BCUT2D eigenvalue weighted by Gasteiger charge is 2.27. The summed E-state index contributed by atoms with van der Waals surface area (Å²) >= 11 is 0. The number of likely N-dealkylation sites (tertiary alicyclic amines) is 1. The molecule has 1 aliphatic rings. The molecular weight excluding hydrogens is 211 g/mol. The third kappa shape index (κ3) is 1.64. The van der Waals surface area contributed by atoms with Crippen LogP contribution < -0.4 is 5.73 Å². The van der Waals surface area contributed by atoms with Crippen molar-refractivity contribution in [2.45, 2.75) is 6.42 Å². The van der Waals surface area contributed by atoms with Gasteiger partial charge in [0.25, 0.3) is 5.91 Å². The first-order chi connectivity index (χ1) is 7.61. The zero-order chi connectivity index (χ0) is 11.7. The van der Waals surface area contributed by atoms with E-state index in [1.165, 1.54) is 17.0 Å². The van der Waals surface area contributed by atoms with Crippen LogP contribution in [-0.4, -0.2) is 29.8 Å². The van der Waals surface area contributed by atoms with E-state index < -0.39 is 17.6 Å². The molecule has 0 saturated carbocycles. The first-order valence-electron chi connectivity index (χ1n) is 4.99. The number of carbonyl (C=O) groups excluding carboxylic acids is 2. The van der Waals surface area contributed by atoms with Gasteiger partial charge in [-0.15, -0.1) is 0 Å². The Hall–Kier alpha value is -1.91. The first-order valence-corrected chi connectivity index (χ1v) is 4.99. The summed E-state index contributed by atoms with van der Waals surface area (Å²) in [5, 5.41) is 0. The van der Waals surface area contributed by atoms with E-state index in [9.17, 15) is 14.0 Å². The van der Waals surface area contributed by atoms with Crippen molar-refractivity contribution < 1.29 is 14.0 Å². The van der Waals surface area contributed by atoms with Crippen molar-refractivity contribution in [1.82, 2.24) is 4.90 Å². The van der Waals surface area contributed by atoms with Gasteiger partial charge in [0.2, 0.25) is 5.91 Å². The van der Waals surface area contributed by atoms with Gasteiger partial charge in [-0.25, -0.2) is 4.39 Å². The van der Waals surface area contributed by atoms with Gasteiger partial charge in [-0.3, -0.25) is 9.59 Å². The van der Waals surface area contributed by atoms with Crippen LogP contribution in [0.5, 0.6) is 0 Å². The Morgan fingerprint density at radius 1 is 1.31 bits per heavy atom. The standard InChI is InChI=1S/C11H11FN2O2/c12-8-4-1-3-7(10(13)15)9(8)11(16)14-5-2-6-14/h1,3-4H,2,5-6H2,(H2,13,15). The van der Waals surface area contributed by atoms with Crippen LogP contribution >= 0.6 is 0 Å². The molecule has 0 bridgehead atoms. The average molecular weight is 222 g/mol. The monoisotopic (exact) mass is 222 g/mol. The van der Waals surface area contributed by atoms with E-state index in [1.54, 1.807) is 0 Å². The minimum absolute atomic E-state index is 0.0584. The first kappa shape index (κ1) is 10.6. The van der Waals surface area contributed by atoms with Crippen LogP contribution in [-0.2, 0) is 0 Å². The zero-order valence-corrected chi connectivity index (χ0v) is 8.57. The molecule has 84 valence electrons. The summed E-state index contributed by atoms with van der Waals surface area (Å²) in [7, 11) is 0. The molecule has 1 fully saturated rings. The van der Waals surface area contributed by atoms with Gasteiger partial charge in [0.1, 0.15) is 5.82 Å². The number of carbonyl (C=O) groups is 2. The van der Waals surface area contributed by atoms with Crippen molar-refractivity contribution in [2.75, 3.05) is 13.1 Å². The second kappa shape index (κ2) is 3.92. The lowest BCUT2D eigenvalue weighted by atomic mass is 10.0. The lowest BCUT2D eigenvalue weighted by Gasteiger charge is -2.31. The smallest absolute Gasteiger partial charge is 0.257 e. The maximum atomic E-state index is 13.5. The number of rotatable bonds is 2. The molecule has 4 nitrogen and oxygen atoms in total. The van der Waals surface area contributed by atoms with E-state index in [4.69, 9.17) is 5.73 Å². The van der Waals surface area contributed by atoms with Gasteiger partial charge >= 0.3 is 0 Å². The van der Waals surface area contributed by atoms with E-state index in [1.807, 2.05) is 0 Å². The SMILES string of the molecule is NC(=O)c1cccc(F)c1C(=O)N1CCC1. The maximum absolute atomic E-state index is 13.5. The van der Waals surface area contributed by atoms with Gasteiger partial charge < -0.3 is 10.6 Å². The van der Waals surface area contributed by atoms with Crippen LogP contribution in [0.25, 0.3) is 0 Å². The molecule has 1 aromatic carbocycles. The molecule has 0 atom stereocenters. The topological polar surface area (TPSA) is 63.4 Å². The van der Waals surface area contributed by atoms with Crippen molar-refractivity contribution in [3.8, 4) is 0 Å². The van der Waals surface area contributed by atoms with Gasteiger partial charge in [0, 0.05) is 13.1 Å². The van der Waals surface area contributed by atoms with Gasteiger partial charge in [-0.2, -0.15) is 0 Å². The molecule has 0 aromatic heterocycles. The average Bonchev–Trinajstić information content (AvgIpc) is 2.14. The summed E-state index contributed by atoms with van der Waals surface area (Å²) in [4.78, 5) is 24.4. The summed E-state index contributed by atoms with van der Waals surface area (Å²) in [5.41, 5.74) is 4.83. The number of halogens is 1. The van der Waals surface area contributed by atoms with Crippen molar-refractivity contribution in [2.24, 2.45) is 5.73 Å². The summed E-state index contributed by atoms with van der Waals surface area (Å²) in [6.07, 6.45) is 0.909. The molecule has 1 saturated heterocycles. The Labute approximate surface area is 91.8 Å². The van der Waals surface area contributed by atoms with Gasteiger partial charge in [0.15, 0.2) is 0 Å². The molecule has 16 heavy (non-hydrogen) atoms. The van der Waals surface area contributed by atoms with Crippen molar-refractivity contribution in [3.63, 3.8) is 0 Å². The Morgan fingerprint density at radius 3 is 2.50 bits per heavy atom. The number of hydrogen-bond donors (Lipinski definition) is 1. The lowest BCUT2D eigenvalue weighted by Crippen LogP contribution is -2.43. The van der Waals surface area contributed by atoms with Crippen LogP contribution in [0.2, 0.25) is 0 Å². The largest absolute Gasteiger partial charge is 0.366 e. The van der Waals surface area contributed by atoms with Crippen LogP contribution in [0.1, 0.15) is 27.1 Å². The van der Waals surface area contributed by atoms with Crippen molar-refractivity contribution in [1.29, 1.82) is 0 Å². The summed E-state index contributed by atoms with van der Waals surface area (Å²) < 4.78 is 13.5. The highest BCUT2D eigenvalue weighted by atomic mass is 19.1. The van der Waals surface area contributed by atoms with Gasteiger partial charge in [-0.05, 0) is 18.6 Å². The normalized spacial score (nSPS) is 14.4. The molecule has 2 amide bonds. The fraction of sp³-hybridized carbons (Fsp3) is 0.273. The second-order valence-electron chi connectivity index (χ2n) is 3.67. The number of amides is 2. The molecule has 0 radical (unpaired) electrons. The van der Waals surface area contributed by atoms with Crippen LogP contribution in [0.3, 0.4) is 0 Å². The summed E-state index contributed by atoms with van der Waals surface area (Å²) in [6, 6.07) is 3.88. The Morgan fingerprint density at radius 2 is 2.00 bits per heavy atom. The molecular formula is C11H11FN2O2. The zero-order valence-electron chi connectivity index (χ0n) is 8.57. The molecule has 0 spiro atoms. The minimum Gasteiger partial charge on any atom is -0.366 e. The molecule has 1 aromatic rings. The van der Waals surface area contributed by atoms with Crippen LogP contribution in [0.15, 0.2) is 18.2 Å². The van der Waals surface area contributed by atoms with E-state index in [2.05, 4.69) is 0 Å². The van der Waals surface area contributed by atoms with E-state index in [-0.39, 0.29) is 11.1 Å². The third-order valence-electron chi connectivity index (χ3n) is 2.64. The van der Waals surface area contributed by atoms with Crippen molar-refractivity contribution >= 4 is 11.8 Å². The minimum atomic E-state index is -0.789. The number of primary amides is 1. The van der Waals surface area contributed by atoms with Crippen molar-refractivity contribution in [3.05, 3.63) is 35.1 Å². The fourth-order valence-electron chi connectivity index (χ4n) is 1.62. The van der Waals surface area contributed by atoms with E-state index in [0.29, 0.717) is 13.1 Å². The summed E-state index contributed by atoms with van der Waals surface area (Å²) in [5.74, 6) is -1.95. The summed E-state index contributed by atoms with van der Waals surface area (Å²) in [6.45, 7) is 1.21. The molecule has 1 heterocycles. The molecule has 5 heteroatoms. The third-order valence-corrected chi connectivity index (χ3v) is 2.64. The molecule has 1 aliphatic heterocycles. The van der Waals surface area contributed by atoms with E-state index in [0.717, 1.165) is 12.5 Å². The Kier molecular flexibility index (Phi) is 2.60. The number of nitrogens with zero attached hydrogens (tertiary/aromatic N) is 1. The fourth-order valence-corrected chi connectivity index (χ4v) is 1.62. The number of benzene rings is 1.